The highest BCUT2D eigenvalue weighted by Crippen LogP contribution is 2.30. The first kappa shape index (κ1) is 34.1. The molecule has 0 bridgehead atoms. The Balaban J connectivity index is 1.41. The molecule has 4 amide bonds. The van der Waals surface area contributed by atoms with E-state index in [9.17, 15) is 24.0 Å². The first-order valence-corrected chi connectivity index (χ1v) is 15.6. The summed E-state index contributed by atoms with van der Waals surface area (Å²) in [4.78, 5) is 65.9. The van der Waals surface area contributed by atoms with Gasteiger partial charge in [0.2, 0.25) is 17.7 Å². The number of rotatable bonds is 15. The summed E-state index contributed by atoms with van der Waals surface area (Å²) in [5.74, 6) is -0.803. The van der Waals surface area contributed by atoms with Crippen molar-refractivity contribution in [3.05, 3.63) is 29.8 Å². The molecule has 0 spiro atoms. The summed E-state index contributed by atoms with van der Waals surface area (Å²) < 4.78 is 20.9. The Hall–Kier alpha value is -3.75. The number of carbonyl (C=O) groups excluding carboxylic acids is 5. The van der Waals surface area contributed by atoms with E-state index < -0.39 is 42.1 Å². The lowest BCUT2D eigenvalue weighted by molar-refractivity contribution is -0.133. The molecule has 4 atom stereocenters. The van der Waals surface area contributed by atoms with Gasteiger partial charge >= 0.3 is 6.09 Å². The first-order valence-electron chi connectivity index (χ1n) is 15.6. The second kappa shape index (κ2) is 16.5. The summed E-state index contributed by atoms with van der Waals surface area (Å²) in [6.07, 6.45) is 1.56. The van der Waals surface area contributed by atoms with Crippen molar-refractivity contribution in [1.29, 1.82) is 0 Å². The summed E-state index contributed by atoms with van der Waals surface area (Å²) >= 11 is 0. The number of hydrogen-bond acceptors (Lipinski definition) is 10. The third-order valence-electron chi connectivity index (χ3n) is 8.43. The number of Topliss-reactive ketones (excluding diaryl/α,β-unsaturated/α-hetero) is 1. The summed E-state index contributed by atoms with van der Waals surface area (Å²) in [5.41, 5.74) is 5.92. The van der Waals surface area contributed by atoms with Crippen LogP contribution < -0.4 is 26.4 Å². The fourth-order valence-corrected chi connectivity index (χ4v) is 5.76. The molecular formula is C31H45N5O9. The van der Waals surface area contributed by atoms with Crippen LogP contribution in [0.15, 0.2) is 24.3 Å². The molecule has 0 radical (unpaired) electrons. The standard InChI is InChI=1S/C31H45N5O9/c1-19(33-27(37)17-36-11-13-43-14-12-36)29(39)35-25(16-21-3-7-22(42-2)8-4-21)30(40)34-24(28(38)26-18-44-26)15-20-5-9-23(10-6-20)45-31(32)41/h3-4,7-8,19-20,23-26H,5-6,9-18H2,1-2H3,(H2,32,41)(H,33,37)(H,34,40)(H,35,39)/t19-,20-,23-,24-,25-,26+/m0/s1. The van der Waals surface area contributed by atoms with E-state index in [0.717, 1.165) is 5.56 Å². The lowest BCUT2D eigenvalue weighted by Crippen LogP contribution is -2.57. The van der Waals surface area contributed by atoms with E-state index in [1.54, 1.807) is 38.3 Å². The van der Waals surface area contributed by atoms with Gasteiger partial charge in [-0.15, -0.1) is 0 Å². The fourth-order valence-electron chi connectivity index (χ4n) is 5.76. The molecule has 2 heterocycles. The van der Waals surface area contributed by atoms with Crippen molar-refractivity contribution in [3.8, 4) is 5.75 Å². The summed E-state index contributed by atoms with van der Waals surface area (Å²) in [5, 5.41) is 8.39. The van der Waals surface area contributed by atoms with E-state index in [1.807, 2.05) is 4.90 Å². The lowest BCUT2D eigenvalue weighted by Gasteiger charge is -2.31. The molecule has 1 aromatic carbocycles. The van der Waals surface area contributed by atoms with Gasteiger partial charge in [0.25, 0.3) is 0 Å². The molecule has 14 heteroatoms. The molecule has 1 aliphatic carbocycles. The quantitative estimate of drug-likeness (QED) is 0.193. The molecule has 3 aliphatic rings. The molecule has 1 saturated carbocycles. The Morgan fingerprint density at radius 1 is 0.956 bits per heavy atom. The molecule has 2 saturated heterocycles. The van der Waals surface area contributed by atoms with Gasteiger partial charge in [0.1, 0.15) is 30.0 Å². The van der Waals surface area contributed by atoms with E-state index in [2.05, 4.69) is 16.0 Å². The maximum Gasteiger partial charge on any atom is 0.404 e. The average molecular weight is 632 g/mol. The zero-order valence-corrected chi connectivity index (χ0v) is 26.0. The maximum absolute atomic E-state index is 13.8. The third kappa shape index (κ3) is 11.0. The average Bonchev–Trinajstić information content (AvgIpc) is 3.87. The normalized spacial score (nSPS) is 23.5. The molecule has 14 nitrogen and oxygen atoms in total. The highest BCUT2D eigenvalue weighted by atomic mass is 16.6. The van der Waals surface area contributed by atoms with Crippen LogP contribution in [0.1, 0.15) is 44.6 Å². The molecule has 5 N–H and O–H groups in total. The molecule has 1 aromatic rings. The SMILES string of the molecule is COc1ccc(C[C@H](NC(=O)[C@H](C)NC(=O)CN2CCOCC2)C(=O)N[C@@H](C[C@H]2CC[C@H](OC(N)=O)CC2)C(=O)[C@H]2CO2)cc1. The van der Waals surface area contributed by atoms with Crippen LogP contribution in [0.3, 0.4) is 0 Å². The van der Waals surface area contributed by atoms with Gasteiger partial charge in [0.05, 0.1) is 39.5 Å². The Bertz CT molecular complexity index is 1180. The molecule has 3 fully saturated rings. The lowest BCUT2D eigenvalue weighted by atomic mass is 9.82. The van der Waals surface area contributed by atoms with Crippen LogP contribution in [0.25, 0.3) is 0 Å². The highest BCUT2D eigenvalue weighted by molar-refractivity contribution is 5.96. The Morgan fingerprint density at radius 3 is 2.20 bits per heavy atom. The first-order chi connectivity index (χ1) is 21.6. The summed E-state index contributed by atoms with van der Waals surface area (Å²) in [6.45, 7) is 4.36. The number of benzene rings is 1. The zero-order valence-electron chi connectivity index (χ0n) is 26.0. The number of ketones is 1. The molecule has 2 aliphatic heterocycles. The summed E-state index contributed by atoms with van der Waals surface area (Å²) in [6, 6.07) is 4.37. The van der Waals surface area contributed by atoms with Gasteiger partial charge in [-0.1, -0.05) is 12.1 Å². The second-order valence-corrected chi connectivity index (χ2v) is 11.9. The van der Waals surface area contributed by atoms with Crippen LogP contribution in [0, 0.1) is 5.92 Å². The number of nitrogens with one attached hydrogen (secondary N) is 3. The molecular weight excluding hydrogens is 586 g/mol. The predicted octanol–water partition coefficient (Wildman–Crippen LogP) is 0.0563. The minimum atomic E-state index is -1.03. The number of amides is 4. The topological polar surface area (TPSA) is 191 Å². The minimum Gasteiger partial charge on any atom is -0.497 e. The van der Waals surface area contributed by atoms with Crippen molar-refractivity contribution < 1.29 is 42.9 Å². The van der Waals surface area contributed by atoms with Crippen LogP contribution in [0.5, 0.6) is 5.75 Å². The van der Waals surface area contributed by atoms with Crippen molar-refractivity contribution >= 4 is 29.6 Å². The number of ether oxygens (including phenoxy) is 4. The number of hydrogen-bond donors (Lipinski definition) is 4. The van der Waals surface area contributed by atoms with Crippen LogP contribution in [0.2, 0.25) is 0 Å². The van der Waals surface area contributed by atoms with Gasteiger partial charge in [-0.25, -0.2) is 4.79 Å². The van der Waals surface area contributed by atoms with E-state index in [1.165, 1.54) is 0 Å². The monoisotopic (exact) mass is 631 g/mol. The number of epoxide rings is 1. The van der Waals surface area contributed by atoms with Gasteiger partial charge in [-0.3, -0.25) is 24.1 Å². The molecule has 0 aromatic heterocycles. The van der Waals surface area contributed by atoms with Gasteiger partial charge in [-0.05, 0) is 62.6 Å². The third-order valence-corrected chi connectivity index (χ3v) is 8.43. The predicted molar refractivity (Wildman–Crippen MR) is 161 cm³/mol. The van der Waals surface area contributed by atoms with Crippen molar-refractivity contribution in [2.24, 2.45) is 11.7 Å². The van der Waals surface area contributed by atoms with Gasteiger partial charge in [0, 0.05) is 19.5 Å². The largest absolute Gasteiger partial charge is 0.497 e. The van der Waals surface area contributed by atoms with E-state index in [4.69, 9.17) is 24.7 Å². The molecule has 4 rings (SSSR count). The molecule has 0 unspecified atom stereocenters. The summed E-state index contributed by atoms with van der Waals surface area (Å²) in [7, 11) is 1.55. The van der Waals surface area contributed by atoms with E-state index in [0.29, 0.717) is 70.8 Å². The van der Waals surface area contributed by atoms with Crippen molar-refractivity contribution in [1.82, 2.24) is 20.9 Å². The van der Waals surface area contributed by atoms with E-state index in [-0.39, 0.29) is 36.7 Å². The van der Waals surface area contributed by atoms with Gasteiger partial charge in [-0.2, -0.15) is 0 Å². The zero-order chi connectivity index (χ0) is 32.3. The number of methoxy groups -OCH3 is 1. The second-order valence-electron chi connectivity index (χ2n) is 11.9. The molecule has 45 heavy (non-hydrogen) atoms. The van der Waals surface area contributed by atoms with Gasteiger partial charge < -0.3 is 40.6 Å². The van der Waals surface area contributed by atoms with Crippen LogP contribution >= 0.6 is 0 Å². The molecule has 248 valence electrons. The Labute approximate surface area is 263 Å². The fraction of sp³-hybridized carbons (Fsp3) is 0.645. The number of primary amides is 1. The highest BCUT2D eigenvalue weighted by Gasteiger charge is 2.39. The van der Waals surface area contributed by atoms with Crippen molar-refractivity contribution in [3.63, 3.8) is 0 Å². The number of nitrogens with two attached hydrogens (primary N) is 1. The Kier molecular flexibility index (Phi) is 12.5. The number of carbonyl (C=O) groups is 5. The smallest absolute Gasteiger partial charge is 0.404 e. The Morgan fingerprint density at radius 2 is 1.60 bits per heavy atom. The van der Waals surface area contributed by atoms with Crippen LogP contribution in [0.4, 0.5) is 4.79 Å². The number of morpholine rings is 1. The van der Waals surface area contributed by atoms with Crippen LogP contribution in [-0.2, 0) is 39.8 Å². The van der Waals surface area contributed by atoms with Gasteiger partial charge in [0.15, 0.2) is 5.78 Å². The van der Waals surface area contributed by atoms with E-state index >= 15 is 0 Å². The van der Waals surface area contributed by atoms with Crippen LogP contribution in [-0.4, -0.2) is 111 Å². The minimum absolute atomic E-state index is 0.113. The van der Waals surface area contributed by atoms with Crippen molar-refractivity contribution in [2.45, 2.75) is 75.8 Å². The van der Waals surface area contributed by atoms with Crippen molar-refractivity contribution in [2.75, 3.05) is 46.6 Å². The number of nitrogens with zero attached hydrogens (tertiary/aromatic N) is 1. The maximum atomic E-state index is 13.8.